The highest BCUT2D eigenvalue weighted by Crippen LogP contribution is 2.54. The molecular weight excluding hydrogens is 585 g/mol. The zero-order valence-corrected chi connectivity index (χ0v) is 26.8. The fraction of sp³-hybridized carbons (Fsp3) is 0.0667. The van der Waals surface area contributed by atoms with E-state index in [1.165, 1.54) is 66.6 Å². The van der Waals surface area contributed by atoms with Crippen LogP contribution in [-0.2, 0) is 5.41 Å². The molecule has 3 nitrogen and oxygen atoms in total. The van der Waals surface area contributed by atoms with Crippen LogP contribution in [-0.4, -0.2) is 4.57 Å². The molecule has 3 heterocycles. The summed E-state index contributed by atoms with van der Waals surface area (Å²) >= 11 is 0. The monoisotopic (exact) mass is 616 g/mol. The van der Waals surface area contributed by atoms with E-state index in [1.54, 1.807) is 0 Å². The van der Waals surface area contributed by atoms with E-state index < -0.39 is 0 Å². The number of rotatable bonds is 2. The molecule has 48 heavy (non-hydrogen) atoms. The maximum absolute atomic E-state index is 6.69. The summed E-state index contributed by atoms with van der Waals surface area (Å²) in [6.07, 6.45) is 0. The van der Waals surface area contributed by atoms with Crippen molar-refractivity contribution in [3.63, 3.8) is 0 Å². The molecule has 2 aliphatic heterocycles. The van der Waals surface area contributed by atoms with Crippen LogP contribution < -0.4 is 9.64 Å². The first-order valence-electron chi connectivity index (χ1n) is 16.6. The van der Waals surface area contributed by atoms with E-state index in [2.05, 4.69) is 181 Å². The quantitative estimate of drug-likeness (QED) is 0.192. The van der Waals surface area contributed by atoms with Gasteiger partial charge in [0, 0.05) is 49.8 Å². The van der Waals surface area contributed by atoms with Gasteiger partial charge in [-0.3, -0.25) is 0 Å². The van der Waals surface area contributed by atoms with E-state index in [1.807, 2.05) is 0 Å². The molecule has 0 atom stereocenters. The minimum Gasteiger partial charge on any atom is -0.457 e. The molecule has 0 aliphatic carbocycles. The smallest absolute Gasteiger partial charge is 0.131 e. The van der Waals surface area contributed by atoms with Crippen molar-refractivity contribution in [2.24, 2.45) is 0 Å². The minimum atomic E-state index is -0.318. The van der Waals surface area contributed by atoms with Crippen molar-refractivity contribution in [1.82, 2.24) is 4.57 Å². The van der Waals surface area contributed by atoms with Gasteiger partial charge in [0.2, 0.25) is 0 Å². The van der Waals surface area contributed by atoms with Crippen molar-refractivity contribution in [3.8, 4) is 39.4 Å². The number of fused-ring (bicyclic) bond motifs is 10. The highest BCUT2D eigenvalue weighted by molar-refractivity contribution is 6.09. The Labute approximate surface area is 279 Å². The Balaban J connectivity index is 1.15. The second kappa shape index (κ2) is 9.97. The van der Waals surface area contributed by atoms with Crippen molar-refractivity contribution in [2.45, 2.75) is 19.3 Å². The lowest BCUT2D eigenvalue weighted by Crippen LogP contribution is -2.25. The number of hydrogen-bond acceptors (Lipinski definition) is 2. The van der Waals surface area contributed by atoms with E-state index in [0.717, 1.165) is 22.9 Å². The standard InChI is InChI=1S/C45H32N2O/c1-45(2)37-27-29(46-39-19-9-5-15-33(39)31-13-3-4-14-32(31)34-16-6-10-20-40(34)46)23-25-43(37)48-44-26-24-30(28-38(44)45)47-41-21-11-7-17-35(41)36-18-8-12-22-42(36)47/h3-28H,1-2H3. The largest absolute Gasteiger partial charge is 0.457 e. The Morgan fingerprint density at radius 3 is 1.44 bits per heavy atom. The molecular formula is C45H32N2O. The summed E-state index contributed by atoms with van der Waals surface area (Å²) in [4.78, 5) is 2.42. The summed E-state index contributed by atoms with van der Waals surface area (Å²) < 4.78 is 9.07. The molecule has 3 heteroatoms. The average Bonchev–Trinajstić information content (AvgIpc) is 3.40. The normalized spacial score (nSPS) is 13.9. The van der Waals surface area contributed by atoms with Crippen LogP contribution in [0.25, 0.3) is 49.7 Å². The SMILES string of the molecule is CC1(C)c2cc(N3c4ccccc4-c4ccccc4-c4ccccc43)ccc2Oc2ccc(-n3c4ccccc4c4ccccc43)cc21. The lowest BCUT2D eigenvalue weighted by atomic mass is 9.75. The van der Waals surface area contributed by atoms with E-state index in [0.29, 0.717) is 0 Å². The summed E-state index contributed by atoms with van der Waals surface area (Å²) in [5.41, 5.74) is 13.9. The van der Waals surface area contributed by atoms with Gasteiger partial charge in [0.15, 0.2) is 0 Å². The molecule has 8 aromatic rings. The number of ether oxygens (including phenoxy) is 1. The molecule has 1 aromatic heterocycles. The zero-order valence-electron chi connectivity index (χ0n) is 26.8. The Hall–Kier alpha value is -6.06. The average molecular weight is 617 g/mol. The summed E-state index contributed by atoms with van der Waals surface area (Å²) in [6.45, 7) is 4.65. The molecule has 0 saturated carbocycles. The van der Waals surface area contributed by atoms with Gasteiger partial charge in [-0.25, -0.2) is 0 Å². The lowest BCUT2D eigenvalue weighted by molar-refractivity contribution is 0.418. The maximum Gasteiger partial charge on any atom is 0.131 e. The van der Waals surface area contributed by atoms with E-state index >= 15 is 0 Å². The van der Waals surface area contributed by atoms with E-state index in [9.17, 15) is 0 Å². The van der Waals surface area contributed by atoms with E-state index in [-0.39, 0.29) is 5.41 Å². The van der Waals surface area contributed by atoms with Gasteiger partial charge in [-0.05, 0) is 71.8 Å². The second-order valence-corrected chi connectivity index (χ2v) is 13.4. The Kier molecular flexibility index (Phi) is 5.63. The zero-order chi connectivity index (χ0) is 32.0. The Morgan fingerprint density at radius 1 is 0.438 bits per heavy atom. The van der Waals surface area contributed by atoms with E-state index in [4.69, 9.17) is 4.74 Å². The lowest BCUT2D eigenvalue weighted by Gasteiger charge is -2.36. The number of nitrogens with zero attached hydrogens (tertiary/aromatic N) is 2. The van der Waals surface area contributed by atoms with Gasteiger partial charge in [-0.2, -0.15) is 0 Å². The fourth-order valence-corrected chi connectivity index (χ4v) is 8.09. The molecule has 0 N–H and O–H groups in total. The van der Waals surface area contributed by atoms with Gasteiger partial charge in [-0.1, -0.05) is 111 Å². The van der Waals surface area contributed by atoms with Crippen LogP contribution in [0.15, 0.2) is 158 Å². The van der Waals surface area contributed by atoms with Crippen LogP contribution in [0, 0.1) is 0 Å². The molecule has 2 aliphatic rings. The number of anilines is 3. The van der Waals surface area contributed by atoms with Crippen LogP contribution in [0.3, 0.4) is 0 Å². The first-order valence-corrected chi connectivity index (χ1v) is 16.6. The highest BCUT2D eigenvalue weighted by atomic mass is 16.5. The van der Waals surface area contributed by atoms with Crippen molar-refractivity contribution in [2.75, 3.05) is 4.90 Å². The van der Waals surface area contributed by atoms with Gasteiger partial charge < -0.3 is 14.2 Å². The van der Waals surface area contributed by atoms with Crippen molar-refractivity contribution in [3.05, 3.63) is 169 Å². The predicted molar refractivity (Wildman–Crippen MR) is 199 cm³/mol. The number of aromatic nitrogens is 1. The molecule has 0 fully saturated rings. The third-order valence-electron chi connectivity index (χ3n) is 10.4. The molecule has 10 rings (SSSR count). The first kappa shape index (κ1) is 27.1. The van der Waals surface area contributed by atoms with Crippen LogP contribution in [0.5, 0.6) is 11.5 Å². The second-order valence-electron chi connectivity index (χ2n) is 13.4. The third kappa shape index (κ3) is 3.76. The van der Waals surface area contributed by atoms with Crippen LogP contribution in [0.4, 0.5) is 17.1 Å². The molecule has 228 valence electrons. The summed E-state index contributed by atoms with van der Waals surface area (Å²) in [5, 5.41) is 2.52. The van der Waals surface area contributed by atoms with Gasteiger partial charge in [0.05, 0.1) is 22.4 Å². The topological polar surface area (TPSA) is 17.4 Å². The Morgan fingerprint density at radius 2 is 0.875 bits per heavy atom. The summed E-state index contributed by atoms with van der Waals surface area (Å²) in [6, 6.07) is 57.0. The third-order valence-corrected chi connectivity index (χ3v) is 10.4. The molecule has 7 aromatic carbocycles. The number of benzene rings is 7. The molecule has 0 saturated heterocycles. The van der Waals surface area contributed by atoms with Crippen molar-refractivity contribution in [1.29, 1.82) is 0 Å². The summed E-state index contributed by atoms with van der Waals surface area (Å²) in [5.74, 6) is 1.81. The molecule has 0 bridgehead atoms. The minimum absolute atomic E-state index is 0.318. The van der Waals surface area contributed by atoms with Crippen LogP contribution in [0.1, 0.15) is 25.0 Å². The van der Waals surface area contributed by atoms with Crippen molar-refractivity contribution < 1.29 is 4.74 Å². The fourth-order valence-electron chi connectivity index (χ4n) is 8.09. The number of hydrogen-bond donors (Lipinski definition) is 0. The van der Waals surface area contributed by atoms with Gasteiger partial charge >= 0.3 is 0 Å². The molecule has 0 amide bonds. The first-order chi connectivity index (χ1) is 23.6. The van der Waals surface area contributed by atoms with Gasteiger partial charge in [-0.15, -0.1) is 0 Å². The molecule has 0 unspecified atom stereocenters. The van der Waals surface area contributed by atoms with Gasteiger partial charge in [0.25, 0.3) is 0 Å². The molecule has 0 spiro atoms. The van der Waals surface area contributed by atoms with Crippen LogP contribution in [0.2, 0.25) is 0 Å². The molecule has 0 radical (unpaired) electrons. The van der Waals surface area contributed by atoms with Crippen LogP contribution >= 0.6 is 0 Å². The predicted octanol–water partition coefficient (Wildman–Crippen LogP) is 12.3. The highest BCUT2D eigenvalue weighted by Gasteiger charge is 2.36. The number of para-hydroxylation sites is 4. The maximum atomic E-state index is 6.69. The van der Waals surface area contributed by atoms with Gasteiger partial charge in [0.1, 0.15) is 11.5 Å². The summed E-state index contributed by atoms with van der Waals surface area (Å²) in [7, 11) is 0. The van der Waals surface area contributed by atoms with Crippen molar-refractivity contribution >= 4 is 38.9 Å². The Bertz CT molecular complexity index is 2470.